The van der Waals surface area contributed by atoms with E-state index in [1.54, 1.807) is 41.3 Å². The molecular formula is C23H22FN3O4. The Morgan fingerprint density at radius 3 is 2.29 bits per heavy atom. The first kappa shape index (κ1) is 20.7. The van der Waals surface area contributed by atoms with Crippen LogP contribution in [0.15, 0.2) is 48.5 Å². The Morgan fingerprint density at radius 1 is 1.00 bits per heavy atom. The average Bonchev–Trinajstić information content (AvgIpc) is 3.26. The molecule has 0 bridgehead atoms. The molecule has 2 aliphatic rings. The lowest BCUT2D eigenvalue weighted by atomic mass is 10.1. The first-order chi connectivity index (χ1) is 14.9. The number of fused-ring (bicyclic) bond motifs is 1. The third kappa shape index (κ3) is 4.33. The van der Waals surface area contributed by atoms with Gasteiger partial charge in [-0.1, -0.05) is 12.1 Å². The number of amides is 4. The Labute approximate surface area is 178 Å². The molecule has 0 spiro atoms. The van der Waals surface area contributed by atoms with E-state index in [4.69, 9.17) is 0 Å². The van der Waals surface area contributed by atoms with E-state index in [-0.39, 0.29) is 48.3 Å². The number of anilines is 1. The van der Waals surface area contributed by atoms with Crippen LogP contribution in [0.25, 0.3) is 0 Å². The highest BCUT2D eigenvalue weighted by Crippen LogP contribution is 2.25. The Kier molecular flexibility index (Phi) is 5.79. The van der Waals surface area contributed by atoms with Gasteiger partial charge < -0.3 is 10.2 Å². The second-order valence-electron chi connectivity index (χ2n) is 7.77. The van der Waals surface area contributed by atoms with E-state index in [0.29, 0.717) is 42.7 Å². The molecule has 2 aliphatic heterocycles. The molecule has 1 fully saturated rings. The summed E-state index contributed by atoms with van der Waals surface area (Å²) in [5, 5.41) is 2.83. The fourth-order valence-electron chi connectivity index (χ4n) is 3.98. The molecule has 0 saturated carbocycles. The maximum atomic E-state index is 13.1. The van der Waals surface area contributed by atoms with Crippen molar-refractivity contribution in [2.24, 2.45) is 5.92 Å². The zero-order valence-electron chi connectivity index (χ0n) is 16.8. The highest BCUT2D eigenvalue weighted by atomic mass is 19.1. The smallest absolute Gasteiger partial charge is 0.261 e. The number of nitrogens with zero attached hydrogens (tertiary/aromatic N) is 2. The lowest BCUT2D eigenvalue weighted by molar-refractivity contribution is -0.121. The van der Waals surface area contributed by atoms with Gasteiger partial charge in [-0.05, 0) is 42.8 Å². The lowest BCUT2D eigenvalue weighted by Gasteiger charge is -2.17. The fraction of sp³-hybridized carbons (Fsp3) is 0.304. The van der Waals surface area contributed by atoms with Crippen LogP contribution >= 0.6 is 0 Å². The molecule has 2 aromatic rings. The molecule has 1 saturated heterocycles. The third-order valence-corrected chi connectivity index (χ3v) is 5.60. The van der Waals surface area contributed by atoms with E-state index in [1.807, 2.05) is 0 Å². The molecule has 1 N–H and O–H groups in total. The predicted molar refractivity (Wildman–Crippen MR) is 111 cm³/mol. The van der Waals surface area contributed by atoms with E-state index >= 15 is 0 Å². The van der Waals surface area contributed by atoms with Crippen LogP contribution in [-0.2, 0) is 9.59 Å². The number of rotatable bonds is 7. The van der Waals surface area contributed by atoms with Crippen LogP contribution in [0.3, 0.4) is 0 Å². The van der Waals surface area contributed by atoms with Gasteiger partial charge in [-0.3, -0.25) is 24.1 Å². The first-order valence-electron chi connectivity index (χ1n) is 10.2. The minimum Gasteiger partial charge on any atom is -0.356 e. The Bertz CT molecular complexity index is 1000. The molecule has 2 heterocycles. The maximum Gasteiger partial charge on any atom is 0.261 e. The Balaban J connectivity index is 1.21. The van der Waals surface area contributed by atoms with E-state index in [1.165, 1.54) is 17.0 Å². The van der Waals surface area contributed by atoms with Gasteiger partial charge in [0.1, 0.15) is 5.82 Å². The van der Waals surface area contributed by atoms with Gasteiger partial charge in [0.2, 0.25) is 11.8 Å². The second kappa shape index (κ2) is 8.67. The molecule has 8 heteroatoms. The number of benzene rings is 2. The van der Waals surface area contributed by atoms with Gasteiger partial charge in [0, 0.05) is 44.1 Å². The summed E-state index contributed by atoms with van der Waals surface area (Å²) in [5.41, 5.74) is 1.43. The summed E-state index contributed by atoms with van der Waals surface area (Å²) in [5.74, 6) is -1.29. The van der Waals surface area contributed by atoms with Crippen LogP contribution < -0.4 is 10.2 Å². The summed E-state index contributed by atoms with van der Waals surface area (Å²) in [6.07, 6.45) is 0.852. The van der Waals surface area contributed by atoms with Crippen LogP contribution in [0.4, 0.5) is 10.1 Å². The number of nitrogens with one attached hydrogen (secondary N) is 1. The van der Waals surface area contributed by atoms with Crippen molar-refractivity contribution in [3.8, 4) is 0 Å². The van der Waals surface area contributed by atoms with Gasteiger partial charge >= 0.3 is 0 Å². The molecule has 4 rings (SSSR count). The van der Waals surface area contributed by atoms with Crippen molar-refractivity contribution in [1.82, 2.24) is 10.2 Å². The van der Waals surface area contributed by atoms with E-state index in [2.05, 4.69) is 5.32 Å². The molecule has 1 atom stereocenters. The monoisotopic (exact) mass is 423 g/mol. The van der Waals surface area contributed by atoms with Gasteiger partial charge in [0.25, 0.3) is 11.8 Å². The summed E-state index contributed by atoms with van der Waals surface area (Å²) in [4.78, 5) is 51.8. The minimum absolute atomic E-state index is 0.0299. The zero-order valence-corrected chi connectivity index (χ0v) is 16.8. The van der Waals surface area contributed by atoms with Crippen molar-refractivity contribution >= 4 is 29.3 Å². The molecule has 7 nitrogen and oxygen atoms in total. The maximum absolute atomic E-state index is 13.1. The molecule has 0 aromatic heterocycles. The van der Waals surface area contributed by atoms with Gasteiger partial charge in [0.15, 0.2) is 0 Å². The summed E-state index contributed by atoms with van der Waals surface area (Å²) in [6, 6.07) is 12.4. The number of hydrogen-bond acceptors (Lipinski definition) is 4. The number of carbonyl (C=O) groups excluding carboxylic acids is 4. The summed E-state index contributed by atoms with van der Waals surface area (Å²) in [7, 11) is 0. The molecule has 0 radical (unpaired) electrons. The standard InChI is InChI=1S/C23H22FN3O4/c24-16-7-9-17(10-8-16)27-14-15(12-21(27)29)13-25-20(28)6-3-11-26-22(30)18-4-1-2-5-19(18)23(26)31/h1-2,4-5,7-10,15H,3,6,11-14H2,(H,25,28). The molecule has 31 heavy (non-hydrogen) atoms. The van der Waals surface area contributed by atoms with E-state index < -0.39 is 0 Å². The molecule has 160 valence electrons. The van der Waals surface area contributed by atoms with Gasteiger partial charge in [0.05, 0.1) is 11.1 Å². The largest absolute Gasteiger partial charge is 0.356 e. The van der Waals surface area contributed by atoms with Crippen LogP contribution in [0.1, 0.15) is 40.0 Å². The van der Waals surface area contributed by atoms with Crippen molar-refractivity contribution in [3.05, 3.63) is 65.5 Å². The zero-order chi connectivity index (χ0) is 22.0. The number of hydrogen-bond donors (Lipinski definition) is 1. The quantitative estimate of drug-likeness (QED) is 0.693. The summed E-state index contributed by atoms with van der Waals surface area (Å²) in [6.45, 7) is 0.995. The SMILES string of the molecule is O=C(CCCN1C(=O)c2ccccc2C1=O)NCC1CC(=O)N(c2ccc(F)cc2)C1. The summed E-state index contributed by atoms with van der Waals surface area (Å²) < 4.78 is 13.1. The van der Waals surface area contributed by atoms with Gasteiger partial charge in [-0.15, -0.1) is 0 Å². The van der Waals surface area contributed by atoms with E-state index in [9.17, 15) is 23.6 Å². The Morgan fingerprint density at radius 2 is 1.65 bits per heavy atom. The minimum atomic E-state index is -0.361. The average molecular weight is 423 g/mol. The Hall–Kier alpha value is -3.55. The lowest BCUT2D eigenvalue weighted by Crippen LogP contribution is -2.33. The molecular weight excluding hydrogens is 401 g/mol. The molecule has 2 aromatic carbocycles. The molecule has 4 amide bonds. The van der Waals surface area contributed by atoms with Crippen molar-refractivity contribution in [3.63, 3.8) is 0 Å². The van der Waals surface area contributed by atoms with Crippen molar-refractivity contribution in [2.75, 3.05) is 24.5 Å². The second-order valence-corrected chi connectivity index (χ2v) is 7.77. The van der Waals surface area contributed by atoms with Crippen LogP contribution in [-0.4, -0.2) is 48.2 Å². The predicted octanol–water partition coefficient (Wildman–Crippen LogP) is 2.37. The highest BCUT2D eigenvalue weighted by Gasteiger charge is 2.34. The number of carbonyl (C=O) groups is 4. The molecule has 0 aliphatic carbocycles. The van der Waals surface area contributed by atoms with Crippen LogP contribution in [0.5, 0.6) is 0 Å². The van der Waals surface area contributed by atoms with Crippen molar-refractivity contribution in [1.29, 1.82) is 0 Å². The first-order valence-corrected chi connectivity index (χ1v) is 10.2. The molecule has 1 unspecified atom stereocenters. The van der Waals surface area contributed by atoms with Crippen molar-refractivity contribution < 1.29 is 23.6 Å². The van der Waals surface area contributed by atoms with Gasteiger partial charge in [-0.25, -0.2) is 4.39 Å². The third-order valence-electron chi connectivity index (χ3n) is 5.60. The topological polar surface area (TPSA) is 86.8 Å². The summed E-state index contributed by atoms with van der Waals surface area (Å²) >= 11 is 0. The normalized spacial score (nSPS) is 18.0. The van der Waals surface area contributed by atoms with Crippen molar-refractivity contribution in [2.45, 2.75) is 19.3 Å². The van der Waals surface area contributed by atoms with Crippen LogP contribution in [0.2, 0.25) is 0 Å². The number of imide groups is 1. The highest BCUT2D eigenvalue weighted by molar-refractivity contribution is 6.21. The van der Waals surface area contributed by atoms with Gasteiger partial charge in [-0.2, -0.15) is 0 Å². The fourth-order valence-corrected chi connectivity index (χ4v) is 3.98. The van der Waals surface area contributed by atoms with E-state index in [0.717, 1.165) is 0 Å². The van der Waals surface area contributed by atoms with Crippen LogP contribution in [0, 0.1) is 11.7 Å². The number of halogens is 1.